The van der Waals surface area contributed by atoms with Gasteiger partial charge in [-0.25, -0.2) is 9.78 Å². The summed E-state index contributed by atoms with van der Waals surface area (Å²) in [7, 11) is 1.89. The predicted octanol–water partition coefficient (Wildman–Crippen LogP) is 9.48. The van der Waals surface area contributed by atoms with E-state index in [1.54, 1.807) is 48.3 Å². The average Bonchev–Trinajstić information content (AvgIpc) is 3.41. The standard InChI is InChI=1S/C33H28Cl2N2O2.C2H7NS/c1-21(2)17-22-3-7-24(8-4-22)25-9-5-23(6-10-25)18-32-36-31(29-16-13-27(34)19-30(29)35)20-37(32)28-14-11-26(12-15-28)33(38)39;1-3-4-2/h3-16,19-21H,17-18H2,1-2H3,(H,38,39);3H,1-2H3. The molecule has 4 aromatic carbocycles. The maximum absolute atomic E-state index is 11.4. The lowest BCUT2D eigenvalue weighted by atomic mass is 9.98. The van der Waals surface area contributed by atoms with Crippen molar-refractivity contribution >= 4 is 41.1 Å². The lowest BCUT2D eigenvalue weighted by Crippen LogP contribution is -2.03. The summed E-state index contributed by atoms with van der Waals surface area (Å²) in [6.45, 7) is 4.46. The Kier molecular flexibility index (Phi) is 11.5. The van der Waals surface area contributed by atoms with Crippen molar-refractivity contribution in [2.45, 2.75) is 26.7 Å². The Labute approximate surface area is 268 Å². The van der Waals surface area contributed by atoms with E-state index in [0.29, 0.717) is 28.1 Å². The van der Waals surface area contributed by atoms with Gasteiger partial charge in [-0.15, -0.1) is 0 Å². The molecule has 222 valence electrons. The van der Waals surface area contributed by atoms with Crippen LogP contribution in [0.2, 0.25) is 10.0 Å². The molecule has 0 bridgehead atoms. The van der Waals surface area contributed by atoms with Crippen LogP contribution in [0.5, 0.6) is 0 Å². The summed E-state index contributed by atoms with van der Waals surface area (Å²) in [5.41, 5.74) is 7.35. The van der Waals surface area contributed by atoms with Gasteiger partial charge in [-0.05, 0) is 90.4 Å². The van der Waals surface area contributed by atoms with E-state index in [-0.39, 0.29) is 5.56 Å². The molecule has 0 fully saturated rings. The zero-order valence-electron chi connectivity index (χ0n) is 24.6. The van der Waals surface area contributed by atoms with Gasteiger partial charge in [0.25, 0.3) is 0 Å². The third-order valence-electron chi connectivity index (χ3n) is 6.83. The van der Waals surface area contributed by atoms with Crippen molar-refractivity contribution < 1.29 is 9.90 Å². The second-order valence-electron chi connectivity index (χ2n) is 10.5. The minimum Gasteiger partial charge on any atom is -0.478 e. The average molecular weight is 633 g/mol. The zero-order valence-corrected chi connectivity index (χ0v) is 27.0. The Hall–Kier alpha value is -3.55. The van der Waals surface area contributed by atoms with Crippen LogP contribution in [0.25, 0.3) is 28.1 Å². The molecule has 0 aliphatic heterocycles. The van der Waals surface area contributed by atoms with E-state index in [1.807, 2.05) is 30.1 Å². The number of carboxylic acids is 1. The number of rotatable bonds is 9. The molecule has 2 N–H and O–H groups in total. The monoisotopic (exact) mass is 631 g/mol. The molecule has 0 aliphatic carbocycles. The van der Waals surface area contributed by atoms with E-state index in [2.05, 4.69) is 67.1 Å². The van der Waals surface area contributed by atoms with Crippen molar-refractivity contribution in [3.63, 3.8) is 0 Å². The molecule has 8 heteroatoms. The smallest absolute Gasteiger partial charge is 0.335 e. The number of nitrogens with one attached hydrogen (secondary N) is 1. The summed E-state index contributed by atoms with van der Waals surface area (Å²) in [5, 5.41) is 10.4. The molecule has 0 aliphatic rings. The molecule has 0 spiro atoms. The number of hydrogen-bond donors (Lipinski definition) is 2. The highest BCUT2D eigenvalue weighted by atomic mass is 35.5. The fourth-order valence-electron chi connectivity index (χ4n) is 4.66. The second kappa shape index (κ2) is 15.3. The first-order valence-corrected chi connectivity index (χ1v) is 15.9. The molecule has 5 rings (SSSR count). The fraction of sp³-hybridized carbons (Fsp3) is 0.200. The van der Waals surface area contributed by atoms with Gasteiger partial charge < -0.3 is 9.67 Å². The van der Waals surface area contributed by atoms with Gasteiger partial charge >= 0.3 is 5.97 Å². The summed E-state index contributed by atoms with van der Waals surface area (Å²) in [6.07, 6.45) is 5.57. The van der Waals surface area contributed by atoms with Crippen LogP contribution in [-0.2, 0) is 12.8 Å². The number of carboxylic acid groups (broad SMARTS) is 1. The third kappa shape index (κ3) is 8.74. The van der Waals surface area contributed by atoms with Gasteiger partial charge in [-0.3, -0.25) is 4.72 Å². The highest BCUT2D eigenvalue weighted by molar-refractivity contribution is 7.96. The van der Waals surface area contributed by atoms with Gasteiger partial charge in [-0.1, -0.05) is 97.5 Å². The molecule has 0 saturated carbocycles. The van der Waals surface area contributed by atoms with Crippen LogP contribution in [0.15, 0.2) is 97.2 Å². The maximum atomic E-state index is 11.4. The van der Waals surface area contributed by atoms with Crippen molar-refractivity contribution in [3.8, 4) is 28.1 Å². The van der Waals surface area contributed by atoms with Gasteiger partial charge in [0.15, 0.2) is 0 Å². The third-order valence-corrected chi connectivity index (χ3v) is 7.79. The quantitative estimate of drug-likeness (QED) is 0.159. The van der Waals surface area contributed by atoms with Crippen LogP contribution in [0.1, 0.15) is 41.2 Å². The van der Waals surface area contributed by atoms with Crippen LogP contribution in [0, 0.1) is 5.92 Å². The topological polar surface area (TPSA) is 67.2 Å². The highest BCUT2D eigenvalue weighted by Crippen LogP contribution is 2.31. The van der Waals surface area contributed by atoms with Gasteiger partial charge in [0.2, 0.25) is 0 Å². The van der Waals surface area contributed by atoms with Crippen LogP contribution >= 0.6 is 35.1 Å². The second-order valence-corrected chi connectivity index (χ2v) is 12.1. The predicted molar refractivity (Wildman–Crippen MR) is 182 cm³/mol. The minimum absolute atomic E-state index is 0.231. The molecule has 0 saturated heterocycles. The Morgan fingerprint density at radius 1 is 0.907 bits per heavy atom. The number of benzene rings is 4. The lowest BCUT2D eigenvalue weighted by molar-refractivity contribution is 0.0697. The highest BCUT2D eigenvalue weighted by Gasteiger charge is 2.15. The molecule has 0 atom stereocenters. The molecule has 1 heterocycles. The number of aromatic nitrogens is 2. The number of hydrogen-bond acceptors (Lipinski definition) is 4. The van der Waals surface area contributed by atoms with E-state index in [4.69, 9.17) is 28.2 Å². The van der Waals surface area contributed by atoms with Crippen molar-refractivity contribution in [3.05, 3.63) is 130 Å². The molecule has 5 aromatic rings. The van der Waals surface area contributed by atoms with Crippen molar-refractivity contribution in [2.75, 3.05) is 13.3 Å². The number of carbonyl (C=O) groups is 1. The van der Waals surface area contributed by atoms with E-state index in [9.17, 15) is 9.90 Å². The lowest BCUT2D eigenvalue weighted by Gasteiger charge is -2.10. The molecule has 0 radical (unpaired) electrons. The Balaban J connectivity index is 0.000000996. The number of imidazole rings is 1. The van der Waals surface area contributed by atoms with Gasteiger partial charge in [0.1, 0.15) is 5.82 Å². The molecular weight excluding hydrogens is 597 g/mol. The van der Waals surface area contributed by atoms with Crippen LogP contribution in [-0.4, -0.2) is 33.9 Å². The molecular formula is C35H35Cl2N3O2S. The summed E-state index contributed by atoms with van der Waals surface area (Å²) in [6, 6.07) is 29.4. The zero-order chi connectivity index (χ0) is 30.9. The normalized spacial score (nSPS) is 10.9. The Bertz CT molecular complexity index is 1650. The van der Waals surface area contributed by atoms with E-state index in [1.165, 1.54) is 11.1 Å². The van der Waals surface area contributed by atoms with Crippen molar-refractivity contribution in [1.82, 2.24) is 14.3 Å². The summed E-state index contributed by atoms with van der Waals surface area (Å²) >= 11 is 14.2. The summed E-state index contributed by atoms with van der Waals surface area (Å²) in [4.78, 5) is 16.3. The number of nitrogens with zero attached hydrogens (tertiary/aromatic N) is 2. The first-order valence-electron chi connectivity index (χ1n) is 13.9. The van der Waals surface area contributed by atoms with Gasteiger partial charge in [0, 0.05) is 28.9 Å². The first-order chi connectivity index (χ1) is 20.7. The Morgan fingerprint density at radius 2 is 1.49 bits per heavy atom. The minimum atomic E-state index is -0.962. The molecule has 0 amide bonds. The van der Waals surface area contributed by atoms with E-state index in [0.717, 1.165) is 34.6 Å². The molecule has 5 nitrogen and oxygen atoms in total. The SMILES string of the molecule is CC(C)Cc1ccc(-c2ccc(Cc3nc(-c4ccc(Cl)cc4Cl)cn3-c3ccc(C(=O)O)cc3)cc2)cc1.CNSC. The molecule has 0 unspecified atom stereocenters. The largest absolute Gasteiger partial charge is 0.478 e. The van der Waals surface area contributed by atoms with Gasteiger partial charge in [-0.2, -0.15) is 0 Å². The van der Waals surface area contributed by atoms with Crippen LogP contribution in [0.4, 0.5) is 0 Å². The molecule has 1 aromatic heterocycles. The summed E-state index contributed by atoms with van der Waals surface area (Å²) < 4.78 is 4.83. The van der Waals surface area contributed by atoms with Crippen molar-refractivity contribution in [2.24, 2.45) is 5.92 Å². The number of halogens is 2. The van der Waals surface area contributed by atoms with Crippen molar-refractivity contribution in [1.29, 1.82) is 0 Å². The maximum Gasteiger partial charge on any atom is 0.335 e. The first kappa shape index (κ1) is 32.4. The van der Waals surface area contributed by atoms with Crippen LogP contribution < -0.4 is 4.72 Å². The van der Waals surface area contributed by atoms with Crippen LogP contribution in [0.3, 0.4) is 0 Å². The van der Waals surface area contributed by atoms with E-state index >= 15 is 0 Å². The summed E-state index contributed by atoms with van der Waals surface area (Å²) in [5.74, 6) is 0.481. The Morgan fingerprint density at radius 3 is 2.00 bits per heavy atom. The number of aromatic carboxylic acids is 1. The van der Waals surface area contributed by atoms with E-state index < -0.39 is 5.97 Å². The fourth-order valence-corrected chi connectivity index (χ4v) is 5.17. The molecule has 43 heavy (non-hydrogen) atoms. The van der Waals surface area contributed by atoms with Gasteiger partial charge in [0.05, 0.1) is 16.3 Å².